The highest BCUT2D eigenvalue weighted by Crippen LogP contribution is 2.45. The summed E-state index contributed by atoms with van der Waals surface area (Å²) in [5, 5.41) is 7.42. The number of carboxylic acids is 1. The van der Waals surface area contributed by atoms with Crippen molar-refractivity contribution in [3.63, 3.8) is 0 Å². The first kappa shape index (κ1) is 16.4. The van der Waals surface area contributed by atoms with E-state index < -0.39 is 21.2 Å². The molecule has 6 heteroatoms. The van der Waals surface area contributed by atoms with Crippen molar-refractivity contribution < 1.29 is 18.3 Å². The third-order valence-electron chi connectivity index (χ3n) is 3.70. The van der Waals surface area contributed by atoms with Crippen LogP contribution in [0.25, 0.3) is 0 Å². The molecule has 0 aliphatic heterocycles. The van der Waals surface area contributed by atoms with Gasteiger partial charge < -0.3 is 5.11 Å². The summed E-state index contributed by atoms with van der Waals surface area (Å²) in [7, 11) is -3.81. The highest BCUT2D eigenvalue weighted by atomic mass is 32.2. The van der Waals surface area contributed by atoms with E-state index in [1.807, 2.05) is 0 Å². The molecule has 5 nitrogen and oxygen atoms in total. The Morgan fingerprint density at radius 2 is 1.63 bits per heavy atom. The van der Waals surface area contributed by atoms with Crippen LogP contribution in [-0.2, 0) is 14.8 Å². The molecule has 0 aromatic carbocycles. The molecule has 0 aromatic rings. The van der Waals surface area contributed by atoms with Gasteiger partial charge in [0.05, 0.1) is 0 Å². The van der Waals surface area contributed by atoms with E-state index in [1.165, 1.54) is 6.92 Å². The maximum Gasteiger partial charge on any atom is 0.323 e. The molecule has 1 saturated carbocycles. The van der Waals surface area contributed by atoms with Crippen LogP contribution in [0.2, 0.25) is 0 Å². The Morgan fingerprint density at radius 3 is 2.00 bits per heavy atom. The fourth-order valence-corrected chi connectivity index (χ4v) is 4.50. The first-order valence-corrected chi connectivity index (χ1v) is 8.13. The first-order valence-electron chi connectivity index (χ1n) is 6.59. The number of rotatable bonds is 4. The van der Waals surface area contributed by atoms with Gasteiger partial charge in [-0.1, -0.05) is 27.7 Å². The van der Waals surface area contributed by atoms with Gasteiger partial charge in [0.1, 0.15) is 0 Å². The van der Waals surface area contributed by atoms with E-state index in [-0.39, 0.29) is 16.9 Å². The Morgan fingerprint density at radius 1 is 1.21 bits per heavy atom. The Labute approximate surface area is 115 Å². The van der Waals surface area contributed by atoms with E-state index >= 15 is 0 Å². The van der Waals surface area contributed by atoms with Crippen LogP contribution in [0.1, 0.15) is 53.9 Å². The molecule has 19 heavy (non-hydrogen) atoms. The molecule has 1 aliphatic carbocycles. The summed E-state index contributed by atoms with van der Waals surface area (Å²) in [6.07, 6.45) is 2.51. The van der Waals surface area contributed by atoms with Crippen molar-refractivity contribution in [2.75, 3.05) is 0 Å². The number of nitrogens with one attached hydrogen (secondary N) is 1. The van der Waals surface area contributed by atoms with Gasteiger partial charge in [0, 0.05) is 6.04 Å². The van der Waals surface area contributed by atoms with Gasteiger partial charge in [-0.05, 0) is 37.0 Å². The van der Waals surface area contributed by atoms with Gasteiger partial charge in [-0.2, -0.15) is 0 Å². The van der Waals surface area contributed by atoms with E-state index in [1.54, 1.807) is 0 Å². The summed E-state index contributed by atoms with van der Waals surface area (Å²) >= 11 is 0. The van der Waals surface area contributed by atoms with Crippen molar-refractivity contribution in [1.29, 1.82) is 0 Å². The third-order valence-corrected chi connectivity index (χ3v) is 5.49. The van der Waals surface area contributed by atoms with Crippen LogP contribution in [0, 0.1) is 10.8 Å². The number of carboxylic acid groups (broad SMARTS) is 1. The summed E-state index contributed by atoms with van der Waals surface area (Å²) in [6.45, 7) is 9.68. The predicted octanol–water partition coefficient (Wildman–Crippen LogP) is 1.98. The molecule has 1 aliphatic rings. The molecule has 0 saturated heterocycles. The Hall–Kier alpha value is -0.620. The van der Waals surface area contributed by atoms with Crippen LogP contribution in [0.5, 0.6) is 0 Å². The molecule has 112 valence electrons. The minimum Gasteiger partial charge on any atom is -0.480 e. The molecule has 0 aromatic heterocycles. The monoisotopic (exact) mass is 291 g/mol. The lowest BCUT2D eigenvalue weighted by Crippen LogP contribution is -2.49. The molecule has 0 bridgehead atoms. The molecule has 0 heterocycles. The van der Waals surface area contributed by atoms with E-state index in [2.05, 4.69) is 32.4 Å². The number of sulfonamides is 1. The quantitative estimate of drug-likeness (QED) is 0.829. The van der Waals surface area contributed by atoms with Crippen LogP contribution in [-0.4, -0.2) is 30.8 Å². The van der Waals surface area contributed by atoms with Gasteiger partial charge in [-0.15, -0.1) is 0 Å². The van der Waals surface area contributed by atoms with Crippen molar-refractivity contribution in [2.45, 2.75) is 65.2 Å². The van der Waals surface area contributed by atoms with Gasteiger partial charge >= 0.3 is 5.97 Å². The maximum absolute atomic E-state index is 12.0. The van der Waals surface area contributed by atoms with Crippen molar-refractivity contribution in [3.8, 4) is 0 Å². The lowest BCUT2D eigenvalue weighted by atomic mass is 9.64. The van der Waals surface area contributed by atoms with Crippen LogP contribution < -0.4 is 4.72 Å². The molecule has 1 atom stereocenters. The van der Waals surface area contributed by atoms with Gasteiger partial charge in [-0.25, -0.2) is 13.1 Å². The van der Waals surface area contributed by atoms with E-state index in [9.17, 15) is 13.2 Å². The Kier molecular flexibility index (Phi) is 4.37. The number of hydrogen-bond acceptors (Lipinski definition) is 3. The lowest BCUT2D eigenvalue weighted by Gasteiger charge is -2.45. The fourth-order valence-electron chi connectivity index (χ4n) is 3.40. The van der Waals surface area contributed by atoms with E-state index in [0.717, 1.165) is 19.3 Å². The molecular weight excluding hydrogens is 266 g/mol. The van der Waals surface area contributed by atoms with Gasteiger partial charge in [-0.3, -0.25) is 4.79 Å². The second kappa shape index (κ2) is 5.05. The highest BCUT2D eigenvalue weighted by molar-refractivity contribution is 7.90. The lowest BCUT2D eigenvalue weighted by molar-refractivity contribution is -0.136. The zero-order valence-corrected chi connectivity index (χ0v) is 13.2. The normalized spacial score (nSPS) is 24.9. The van der Waals surface area contributed by atoms with Crippen LogP contribution in [0.3, 0.4) is 0 Å². The second-order valence-electron chi connectivity index (χ2n) is 7.25. The topological polar surface area (TPSA) is 83.5 Å². The fraction of sp³-hybridized carbons (Fsp3) is 0.923. The van der Waals surface area contributed by atoms with E-state index in [4.69, 9.17) is 5.11 Å². The van der Waals surface area contributed by atoms with Gasteiger partial charge in [0.2, 0.25) is 10.0 Å². The van der Waals surface area contributed by atoms with Crippen molar-refractivity contribution in [2.24, 2.45) is 10.8 Å². The smallest absolute Gasteiger partial charge is 0.323 e. The molecule has 2 N–H and O–H groups in total. The SMILES string of the molecule is CC(C(=O)O)S(=O)(=O)NC1CC(C)(C)CC(C)(C)C1. The van der Waals surface area contributed by atoms with Crippen molar-refractivity contribution in [1.82, 2.24) is 4.72 Å². The Balaban J connectivity index is 2.85. The molecule has 1 fully saturated rings. The number of carbonyl (C=O) groups is 1. The predicted molar refractivity (Wildman–Crippen MR) is 74.4 cm³/mol. The van der Waals surface area contributed by atoms with Crippen molar-refractivity contribution >= 4 is 16.0 Å². The van der Waals surface area contributed by atoms with E-state index in [0.29, 0.717) is 0 Å². The Bertz CT molecular complexity index is 437. The minimum atomic E-state index is -3.81. The number of aliphatic carboxylic acids is 1. The second-order valence-corrected chi connectivity index (χ2v) is 9.29. The number of hydrogen-bond donors (Lipinski definition) is 2. The van der Waals surface area contributed by atoms with Crippen LogP contribution in [0.4, 0.5) is 0 Å². The highest BCUT2D eigenvalue weighted by Gasteiger charge is 2.41. The van der Waals surface area contributed by atoms with Crippen molar-refractivity contribution in [3.05, 3.63) is 0 Å². The summed E-state index contributed by atoms with van der Waals surface area (Å²) in [5.74, 6) is -1.32. The van der Waals surface area contributed by atoms with Gasteiger partial charge in [0.25, 0.3) is 0 Å². The molecule has 1 unspecified atom stereocenters. The summed E-state index contributed by atoms with van der Waals surface area (Å²) in [4.78, 5) is 10.8. The third kappa shape index (κ3) is 4.45. The summed E-state index contributed by atoms with van der Waals surface area (Å²) in [5.41, 5.74) is 0.114. The summed E-state index contributed by atoms with van der Waals surface area (Å²) in [6, 6.07) is -0.189. The first-order chi connectivity index (χ1) is 8.35. The standard InChI is InChI=1S/C13H25NO4S/c1-9(11(15)16)19(17,18)14-10-6-12(2,3)8-13(4,5)7-10/h9-10,14H,6-8H2,1-5H3,(H,15,16). The summed E-state index contributed by atoms with van der Waals surface area (Å²) < 4.78 is 26.5. The maximum atomic E-state index is 12.0. The van der Waals surface area contributed by atoms with Gasteiger partial charge in [0.15, 0.2) is 5.25 Å². The average molecular weight is 291 g/mol. The molecule has 0 spiro atoms. The average Bonchev–Trinajstić information content (AvgIpc) is 2.09. The molecule has 1 rings (SSSR count). The van der Waals surface area contributed by atoms with Crippen LogP contribution >= 0.6 is 0 Å². The zero-order valence-electron chi connectivity index (χ0n) is 12.4. The zero-order chi connectivity index (χ0) is 15.1. The molecule has 0 amide bonds. The molecular formula is C13H25NO4S. The van der Waals surface area contributed by atoms with Crippen LogP contribution in [0.15, 0.2) is 0 Å². The largest absolute Gasteiger partial charge is 0.480 e. The molecule has 0 radical (unpaired) electrons. The minimum absolute atomic E-state index is 0.0569.